The van der Waals surface area contributed by atoms with Crippen molar-refractivity contribution in [1.29, 1.82) is 0 Å². The number of benzene rings is 1. The topological polar surface area (TPSA) is 116 Å². The van der Waals surface area contributed by atoms with Gasteiger partial charge in [0.25, 0.3) is 11.6 Å². The lowest BCUT2D eigenvalue weighted by Crippen LogP contribution is -2.33. The normalized spacial score (nSPS) is 16.6. The van der Waals surface area contributed by atoms with Crippen LogP contribution in [0.2, 0.25) is 0 Å². The first-order valence-corrected chi connectivity index (χ1v) is 8.39. The highest BCUT2D eigenvalue weighted by molar-refractivity contribution is 6.03. The summed E-state index contributed by atoms with van der Waals surface area (Å²) in [5, 5.41) is 14.3. The van der Waals surface area contributed by atoms with Gasteiger partial charge >= 0.3 is 5.97 Å². The maximum atomic E-state index is 13.2. The summed E-state index contributed by atoms with van der Waals surface area (Å²) in [5.74, 6) is -1.85. The molecule has 0 aliphatic carbocycles. The van der Waals surface area contributed by atoms with Crippen LogP contribution < -0.4 is 5.32 Å². The Balaban J connectivity index is 2.23. The Morgan fingerprint density at radius 1 is 1.25 bits per heavy atom. The molecule has 1 N–H and O–H groups in total. The number of hydrogen-bond acceptors (Lipinski definition) is 7. The minimum absolute atomic E-state index is 0.134. The molecule has 3 rings (SSSR count). The number of allylic oxidation sites excluding steroid dienone is 3. The zero-order chi connectivity index (χ0) is 20.4. The minimum Gasteiger partial charge on any atom is -0.466 e. The smallest absolute Gasteiger partial charge is 0.336 e. The first-order valence-electron chi connectivity index (χ1n) is 8.39. The Bertz CT molecular complexity index is 1020. The molecule has 2 heterocycles. The summed E-state index contributed by atoms with van der Waals surface area (Å²) in [6.45, 7) is 3.41. The van der Waals surface area contributed by atoms with Crippen LogP contribution in [-0.2, 0) is 9.53 Å². The summed E-state index contributed by atoms with van der Waals surface area (Å²) in [7, 11) is 1.25. The number of nitro groups is 1. The number of carbonyl (C=O) groups excluding carboxylic acids is 2. The number of nitro benzene ring substituents is 1. The molecule has 0 unspecified atom stereocenters. The number of nitrogens with one attached hydrogen (secondary N) is 1. The van der Waals surface area contributed by atoms with Crippen LogP contribution in [0.5, 0.6) is 0 Å². The highest BCUT2D eigenvalue weighted by Crippen LogP contribution is 2.40. The molecule has 0 bridgehead atoms. The number of rotatable bonds is 4. The van der Waals surface area contributed by atoms with Crippen molar-refractivity contribution in [1.82, 2.24) is 14.9 Å². The fourth-order valence-corrected chi connectivity index (χ4v) is 3.33. The summed E-state index contributed by atoms with van der Waals surface area (Å²) in [6.07, 6.45) is 4.32. The molecule has 1 aromatic heterocycles. The third-order valence-electron chi connectivity index (χ3n) is 4.55. The number of methoxy groups -OCH3 is 1. The van der Waals surface area contributed by atoms with E-state index in [1.54, 1.807) is 19.9 Å². The number of non-ortho nitro benzene ring substituents is 1. The van der Waals surface area contributed by atoms with E-state index < -0.39 is 22.7 Å². The number of imidazole rings is 1. The Kier molecular flexibility index (Phi) is 5.08. The van der Waals surface area contributed by atoms with Crippen LogP contribution in [0, 0.1) is 10.1 Å². The fraction of sp³-hybridized carbons (Fsp3) is 0.211. The standard InChI is InChI=1S/C19H18N4O5/c1-11-15(18(24)22-8-7-20-10-22)17(16(12(2)21-11)19(25)28-3)13-5-4-6-14(9-13)23(26)27/h4-10,17,21H,1-3H3/t17-/m0/s1. The summed E-state index contributed by atoms with van der Waals surface area (Å²) in [6, 6.07) is 5.88. The van der Waals surface area contributed by atoms with E-state index in [1.807, 2.05) is 0 Å². The molecule has 0 amide bonds. The van der Waals surface area contributed by atoms with Gasteiger partial charge in [0.15, 0.2) is 0 Å². The van der Waals surface area contributed by atoms with Gasteiger partial charge in [0.05, 0.1) is 23.5 Å². The lowest BCUT2D eigenvalue weighted by atomic mass is 9.80. The van der Waals surface area contributed by atoms with Gasteiger partial charge in [0.2, 0.25) is 0 Å². The minimum atomic E-state index is -0.830. The van der Waals surface area contributed by atoms with Gasteiger partial charge in [-0.3, -0.25) is 19.5 Å². The van der Waals surface area contributed by atoms with E-state index in [-0.39, 0.29) is 16.8 Å². The van der Waals surface area contributed by atoms with Crippen molar-refractivity contribution < 1.29 is 19.2 Å². The zero-order valence-corrected chi connectivity index (χ0v) is 15.5. The van der Waals surface area contributed by atoms with E-state index in [0.29, 0.717) is 17.0 Å². The van der Waals surface area contributed by atoms with Crippen LogP contribution in [0.15, 0.2) is 65.5 Å². The first-order chi connectivity index (χ1) is 13.3. The predicted octanol–water partition coefficient (Wildman–Crippen LogP) is 2.54. The third-order valence-corrected chi connectivity index (χ3v) is 4.55. The van der Waals surface area contributed by atoms with Gasteiger partial charge in [-0.05, 0) is 19.4 Å². The average molecular weight is 382 g/mol. The van der Waals surface area contributed by atoms with Crippen molar-refractivity contribution >= 4 is 17.6 Å². The molecule has 2 aromatic rings. The van der Waals surface area contributed by atoms with E-state index in [2.05, 4.69) is 10.3 Å². The molecule has 0 radical (unpaired) electrons. The second-order valence-electron chi connectivity index (χ2n) is 6.25. The van der Waals surface area contributed by atoms with Crippen LogP contribution >= 0.6 is 0 Å². The Morgan fingerprint density at radius 3 is 2.57 bits per heavy atom. The Hall–Kier alpha value is -3.75. The number of carbonyl (C=O) groups is 2. The van der Waals surface area contributed by atoms with Crippen LogP contribution in [0.1, 0.15) is 30.1 Å². The monoisotopic (exact) mass is 382 g/mol. The number of hydrogen-bond donors (Lipinski definition) is 1. The maximum absolute atomic E-state index is 13.2. The highest BCUT2D eigenvalue weighted by Gasteiger charge is 2.37. The van der Waals surface area contributed by atoms with Crippen molar-refractivity contribution in [2.45, 2.75) is 19.8 Å². The SMILES string of the molecule is COC(=O)C1=C(C)NC(C)=C(C(=O)n2ccnc2)[C@@H]1c1cccc([N+](=O)[O-])c1. The average Bonchev–Trinajstić information content (AvgIpc) is 3.21. The second-order valence-corrected chi connectivity index (χ2v) is 6.25. The number of dihydropyridines is 1. The predicted molar refractivity (Wildman–Crippen MR) is 99.2 cm³/mol. The third kappa shape index (κ3) is 3.29. The van der Waals surface area contributed by atoms with Crippen molar-refractivity contribution in [2.75, 3.05) is 7.11 Å². The maximum Gasteiger partial charge on any atom is 0.336 e. The van der Waals surface area contributed by atoms with Crippen LogP contribution in [0.25, 0.3) is 0 Å². The molecule has 0 saturated heterocycles. The van der Waals surface area contributed by atoms with Gasteiger partial charge < -0.3 is 10.1 Å². The van der Waals surface area contributed by atoms with Crippen LogP contribution in [-0.4, -0.2) is 33.5 Å². The second kappa shape index (κ2) is 7.47. The molecule has 9 nitrogen and oxygen atoms in total. The molecule has 144 valence electrons. The highest BCUT2D eigenvalue weighted by atomic mass is 16.6. The Morgan fingerprint density at radius 2 is 1.96 bits per heavy atom. The number of esters is 1. The van der Waals surface area contributed by atoms with Crippen molar-refractivity contribution in [3.8, 4) is 0 Å². The lowest BCUT2D eigenvalue weighted by molar-refractivity contribution is -0.384. The van der Waals surface area contributed by atoms with Gasteiger partial charge in [0, 0.05) is 41.5 Å². The lowest BCUT2D eigenvalue weighted by Gasteiger charge is -2.30. The molecule has 0 fully saturated rings. The van der Waals surface area contributed by atoms with E-state index >= 15 is 0 Å². The van der Waals surface area contributed by atoms with Crippen molar-refractivity contribution in [2.24, 2.45) is 0 Å². The van der Waals surface area contributed by atoms with Crippen LogP contribution in [0.3, 0.4) is 0 Å². The number of ether oxygens (including phenoxy) is 1. The zero-order valence-electron chi connectivity index (χ0n) is 15.5. The molecular formula is C19H18N4O5. The summed E-state index contributed by atoms with van der Waals surface area (Å²) >= 11 is 0. The Labute approximate surface area is 160 Å². The molecule has 9 heteroatoms. The molecule has 28 heavy (non-hydrogen) atoms. The van der Waals surface area contributed by atoms with Gasteiger partial charge in [-0.2, -0.15) is 0 Å². The summed E-state index contributed by atoms with van der Waals surface area (Å²) in [4.78, 5) is 40.3. The number of aromatic nitrogens is 2. The molecule has 1 aliphatic heterocycles. The fourth-order valence-electron chi connectivity index (χ4n) is 3.33. The molecule has 1 aromatic carbocycles. The van der Waals surface area contributed by atoms with E-state index in [4.69, 9.17) is 4.74 Å². The summed E-state index contributed by atoms with van der Waals surface area (Å²) in [5.41, 5.74) is 1.87. The first kappa shape index (κ1) is 19.0. The van der Waals surface area contributed by atoms with Gasteiger partial charge in [0.1, 0.15) is 6.33 Å². The quantitative estimate of drug-likeness (QED) is 0.491. The van der Waals surface area contributed by atoms with E-state index in [9.17, 15) is 19.7 Å². The van der Waals surface area contributed by atoms with E-state index in [0.717, 1.165) is 0 Å². The summed E-state index contributed by atoms with van der Waals surface area (Å²) < 4.78 is 6.21. The van der Waals surface area contributed by atoms with Crippen LogP contribution in [0.4, 0.5) is 5.69 Å². The molecule has 1 atom stereocenters. The molecule has 0 saturated carbocycles. The number of nitrogens with zero attached hydrogens (tertiary/aromatic N) is 3. The molecular weight excluding hydrogens is 364 g/mol. The van der Waals surface area contributed by atoms with E-state index in [1.165, 1.54) is 48.6 Å². The molecule has 1 aliphatic rings. The molecule has 0 spiro atoms. The van der Waals surface area contributed by atoms with Crippen molar-refractivity contribution in [3.05, 3.63) is 81.2 Å². The van der Waals surface area contributed by atoms with Gasteiger partial charge in [-0.15, -0.1) is 0 Å². The van der Waals surface area contributed by atoms with Crippen molar-refractivity contribution in [3.63, 3.8) is 0 Å². The van der Waals surface area contributed by atoms with Gasteiger partial charge in [-0.1, -0.05) is 12.1 Å². The largest absolute Gasteiger partial charge is 0.466 e. The van der Waals surface area contributed by atoms with Gasteiger partial charge in [-0.25, -0.2) is 9.78 Å².